The molecule has 0 unspecified atom stereocenters. The van der Waals surface area contributed by atoms with Crippen LogP contribution in [0.1, 0.15) is 43.9 Å². The van der Waals surface area contributed by atoms with Crippen molar-refractivity contribution in [1.82, 2.24) is 15.3 Å². The van der Waals surface area contributed by atoms with Crippen molar-refractivity contribution in [2.24, 2.45) is 0 Å². The number of aromatic amines is 1. The molecule has 3 aromatic rings. The van der Waals surface area contributed by atoms with E-state index in [2.05, 4.69) is 15.3 Å². The second-order valence-electron chi connectivity index (χ2n) is 7.12. The van der Waals surface area contributed by atoms with Crippen molar-refractivity contribution in [2.75, 3.05) is 6.61 Å². The van der Waals surface area contributed by atoms with Crippen LogP contribution in [0, 0.1) is 6.92 Å². The van der Waals surface area contributed by atoms with Crippen molar-refractivity contribution < 1.29 is 13.9 Å². The van der Waals surface area contributed by atoms with Crippen molar-refractivity contribution in [3.63, 3.8) is 0 Å². The van der Waals surface area contributed by atoms with Gasteiger partial charge in [-0.05, 0) is 39.3 Å². The van der Waals surface area contributed by atoms with Gasteiger partial charge in [-0.15, -0.1) is 0 Å². The Bertz CT molecular complexity index is 873. The molecule has 0 saturated heterocycles. The number of oxazole rings is 1. The standard InChI is InChI=1S/C19H23N3O3/c1-12-9-21-17(25-12)15(11-24-18(23)22-19(2,3)4)14-10-20-16-8-6-5-7-13(14)16/h5-10,15,20H,11H2,1-4H3,(H,22,23)/t15-/m1/s1. The van der Waals surface area contributed by atoms with E-state index in [0.29, 0.717) is 5.89 Å². The van der Waals surface area contributed by atoms with Crippen molar-refractivity contribution in [2.45, 2.75) is 39.2 Å². The molecular weight excluding hydrogens is 318 g/mol. The highest BCUT2D eigenvalue weighted by Crippen LogP contribution is 2.31. The van der Waals surface area contributed by atoms with Gasteiger partial charge in [0.05, 0.1) is 12.1 Å². The number of hydrogen-bond acceptors (Lipinski definition) is 4. The van der Waals surface area contributed by atoms with E-state index in [-0.39, 0.29) is 18.1 Å². The van der Waals surface area contributed by atoms with E-state index >= 15 is 0 Å². The van der Waals surface area contributed by atoms with Crippen LogP contribution in [0.15, 0.2) is 41.1 Å². The Morgan fingerprint density at radius 2 is 2.12 bits per heavy atom. The number of hydrogen-bond donors (Lipinski definition) is 2. The highest BCUT2D eigenvalue weighted by molar-refractivity contribution is 5.84. The third kappa shape index (κ3) is 4.02. The maximum atomic E-state index is 12.0. The normalized spacial score (nSPS) is 13.0. The molecule has 2 aromatic heterocycles. The maximum absolute atomic E-state index is 12.0. The third-order valence-electron chi connectivity index (χ3n) is 3.79. The van der Waals surface area contributed by atoms with Gasteiger partial charge in [0.25, 0.3) is 0 Å². The van der Waals surface area contributed by atoms with E-state index in [1.807, 2.05) is 58.2 Å². The van der Waals surface area contributed by atoms with Gasteiger partial charge in [0.1, 0.15) is 12.4 Å². The lowest BCUT2D eigenvalue weighted by molar-refractivity contribution is 0.131. The quantitative estimate of drug-likeness (QED) is 0.748. The fraction of sp³-hybridized carbons (Fsp3) is 0.368. The molecule has 6 nitrogen and oxygen atoms in total. The first-order chi connectivity index (χ1) is 11.8. The number of nitrogens with zero attached hydrogens (tertiary/aromatic N) is 1. The van der Waals surface area contributed by atoms with Crippen molar-refractivity contribution >= 4 is 17.0 Å². The minimum atomic E-state index is -0.458. The summed E-state index contributed by atoms with van der Waals surface area (Å²) in [6.07, 6.45) is 3.13. The van der Waals surface area contributed by atoms with Crippen LogP contribution in [-0.2, 0) is 4.74 Å². The van der Waals surface area contributed by atoms with Gasteiger partial charge in [0.2, 0.25) is 5.89 Å². The Kier molecular flexibility index (Phi) is 4.53. The molecule has 1 atom stereocenters. The summed E-state index contributed by atoms with van der Waals surface area (Å²) in [7, 11) is 0. The van der Waals surface area contributed by atoms with E-state index in [9.17, 15) is 4.79 Å². The Morgan fingerprint density at radius 3 is 2.80 bits per heavy atom. The summed E-state index contributed by atoms with van der Waals surface area (Å²) in [6, 6.07) is 7.98. The predicted molar refractivity (Wildman–Crippen MR) is 95.6 cm³/mol. The van der Waals surface area contributed by atoms with E-state index in [1.165, 1.54) is 0 Å². The van der Waals surface area contributed by atoms with Crippen LogP contribution in [0.3, 0.4) is 0 Å². The first-order valence-corrected chi connectivity index (χ1v) is 8.27. The molecule has 25 heavy (non-hydrogen) atoms. The highest BCUT2D eigenvalue weighted by atomic mass is 16.5. The van der Waals surface area contributed by atoms with Gasteiger partial charge in [-0.2, -0.15) is 0 Å². The van der Waals surface area contributed by atoms with Crippen LogP contribution in [-0.4, -0.2) is 28.2 Å². The Morgan fingerprint density at radius 1 is 1.36 bits per heavy atom. The third-order valence-corrected chi connectivity index (χ3v) is 3.79. The molecule has 0 aliphatic rings. The van der Waals surface area contributed by atoms with Gasteiger partial charge in [-0.3, -0.25) is 0 Å². The molecule has 1 amide bonds. The summed E-state index contributed by atoms with van der Waals surface area (Å²) >= 11 is 0. The summed E-state index contributed by atoms with van der Waals surface area (Å²) in [6.45, 7) is 7.70. The SMILES string of the molecule is Cc1cnc([C@H](COC(=O)NC(C)(C)C)c2c[nH]c3ccccc23)o1. The number of nitrogens with one attached hydrogen (secondary N) is 2. The summed E-state index contributed by atoms with van der Waals surface area (Å²) in [5, 5.41) is 3.85. The van der Waals surface area contributed by atoms with E-state index < -0.39 is 6.09 Å². The van der Waals surface area contributed by atoms with E-state index in [0.717, 1.165) is 22.2 Å². The molecule has 6 heteroatoms. The molecule has 0 radical (unpaired) electrons. The summed E-state index contributed by atoms with van der Waals surface area (Å²) in [5.41, 5.74) is 1.65. The average molecular weight is 341 g/mol. The molecule has 2 heterocycles. The van der Waals surface area contributed by atoms with Gasteiger partial charge in [-0.25, -0.2) is 9.78 Å². The number of benzene rings is 1. The van der Waals surface area contributed by atoms with Crippen LogP contribution in [0.5, 0.6) is 0 Å². The summed E-state index contributed by atoms with van der Waals surface area (Å²) < 4.78 is 11.2. The molecule has 0 aliphatic carbocycles. The minimum Gasteiger partial charge on any atom is -0.448 e. The lowest BCUT2D eigenvalue weighted by Gasteiger charge is -2.21. The van der Waals surface area contributed by atoms with Crippen molar-refractivity contribution in [1.29, 1.82) is 0 Å². The number of aryl methyl sites for hydroxylation is 1. The number of amides is 1. The Balaban J connectivity index is 1.87. The van der Waals surface area contributed by atoms with Crippen LogP contribution in [0.4, 0.5) is 4.79 Å². The molecule has 1 aromatic carbocycles. The lowest BCUT2D eigenvalue weighted by Crippen LogP contribution is -2.41. The maximum Gasteiger partial charge on any atom is 0.407 e. The minimum absolute atomic E-state index is 0.143. The molecule has 0 saturated carbocycles. The molecule has 0 fully saturated rings. The zero-order valence-electron chi connectivity index (χ0n) is 14.9. The van der Waals surface area contributed by atoms with Gasteiger partial charge in [0, 0.05) is 22.6 Å². The van der Waals surface area contributed by atoms with Crippen molar-refractivity contribution in [3.05, 3.63) is 53.9 Å². The number of aromatic nitrogens is 2. The number of carbonyl (C=O) groups excluding carboxylic acids is 1. The van der Waals surface area contributed by atoms with E-state index in [4.69, 9.17) is 9.15 Å². The first-order valence-electron chi connectivity index (χ1n) is 8.27. The fourth-order valence-electron chi connectivity index (χ4n) is 2.71. The topological polar surface area (TPSA) is 80.1 Å². The monoisotopic (exact) mass is 341 g/mol. The van der Waals surface area contributed by atoms with Crippen LogP contribution >= 0.6 is 0 Å². The zero-order chi connectivity index (χ0) is 18.0. The van der Waals surface area contributed by atoms with Gasteiger partial charge < -0.3 is 19.5 Å². The second kappa shape index (κ2) is 6.63. The predicted octanol–water partition coefficient (Wildman–Crippen LogP) is 4.12. The van der Waals surface area contributed by atoms with Gasteiger partial charge >= 0.3 is 6.09 Å². The van der Waals surface area contributed by atoms with Crippen molar-refractivity contribution in [3.8, 4) is 0 Å². The molecule has 0 aliphatic heterocycles. The number of para-hydroxylation sites is 1. The van der Waals surface area contributed by atoms with Crippen LogP contribution in [0.2, 0.25) is 0 Å². The fourth-order valence-corrected chi connectivity index (χ4v) is 2.71. The molecule has 3 rings (SSSR count). The average Bonchev–Trinajstić information content (AvgIpc) is 3.13. The largest absolute Gasteiger partial charge is 0.448 e. The summed E-state index contributed by atoms with van der Waals surface area (Å²) in [4.78, 5) is 19.6. The number of ether oxygens (including phenoxy) is 1. The molecule has 132 valence electrons. The Labute approximate surface area is 146 Å². The number of H-pyrrole nitrogens is 1. The molecular formula is C19H23N3O3. The number of alkyl carbamates (subject to hydrolysis) is 1. The number of fused-ring (bicyclic) bond motifs is 1. The van der Waals surface area contributed by atoms with E-state index in [1.54, 1.807) is 6.20 Å². The van der Waals surface area contributed by atoms with Gasteiger partial charge in [-0.1, -0.05) is 18.2 Å². The second-order valence-corrected chi connectivity index (χ2v) is 7.12. The van der Waals surface area contributed by atoms with Crippen LogP contribution in [0.25, 0.3) is 10.9 Å². The molecule has 0 spiro atoms. The zero-order valence-corrected chi connectivity index (χ0v) is 14.9. The number of rotatable bonds is 4. The first kappa shape index (κ1) is 17.1. The molecule has 2 N–H and O–H groups in total. The lowest BCUT2D eigenvalue weighted by atomic mass is 9.99. The number of carbonyl (C=O) groups is 1. The molecule has 0 bridgehead atoms. The Hall–Kier alpha value is -2.76. The van der Waals surface area contributed by atoms with Gasteiger partial charge in [0.15, 0.2) is 0 Å². The highest BCUT2D eigenvalue weighted by Gasteiger charge is 2.25. The van der Waals surface area contributed by atoms with Crippen LogP contribution < -0.4 is 5.32 Å². The smallest absolute Gasteiger partial charge is 0.407 e. The summed E-state index contributed by atoms with van der Waals surface area (Å²) in [5.74, 6) is 0.973.